The number of methoxy groups -OCH3 is 2. The second-order valence-electron chi connectivity index (χ2n) is 7.76. The van der Waals surface area contributed by atoms with Crippen molar-refractivity contribution in [2.45, 2.75) is 19.5 Å². The van der Waals surface area contributed by atoms with Gasteiger partial charge in [0.05, 0.1) is 25.8 Å². The highest BCUT2D eigenvalue weighted by molar-refractivity contribution is 6.46. The molecule has 2 heterocycles. The zero-order valence-electron chi connectivity index (χ0n) is 18.6. The first-order valence-electron chi connectivity index (χ1n) is 10.4. The van der Waals surface area contributed by atoms with E-state index in [1.54, 1.807) is 48.8 Å². The van der Waals surface area contributed by atoms with Crippen molar-refractivity contribution < 1.29 is 24.2 Å². The minimum absolute atomic E-state index is 0.000651. The molecular formula is C26H24N2O5. The standard InChI is InChI=1S/C26H24N2O5/c1-16-6-8-18(9-7-16)24(29)22-23(20-13-19(32-2)10-11-21(20)33-3)28(26(31)25(22)30)15-17-5-4-12-27-14-17/h4-14,23,29H,15H2,1-3H3/t23-/m1/s1. The van der Waals surface area contributed by atoms with E-state index in [1.807, 2.05) is 25.1 Å². The van der Waals surface area contributed by atoms with Crippen LogP contribution in [-0.2, 0) is 16.1 Å². The predicted octanol–water partition coefficient (Wildman–Crippen LogP) is 4.03. The van der Waals surface area contributed by atoms with Gasteiger partial charge in [0.2, 0.25) is 0 Å². The zero-order valence-corrected chi connectivity index (χ0v) is 18.6. The number of rotatable bonds is 6. The lowest BCUT2D eigenvalue weighted by atomic mass is 9.94. The van der Waals surface area contributed by atoms with Gasteiger partial charge in [-0.15, -0.1) is 0 Å². The number of nitrogens with zero attached hydrogens (tertiary/aromatic N) is 2. The molecule has 1 amide bonds. The summed E-state index contributed by atoms with van der Waals surface area (Å²) in [6.45, 7) is 2.06. The van der Waals surface area contributed by atoms with Crippen molar-refractivity contribution in [1.82, 2.24) is 9.88 Å². The SMILES string of the molecule is COc1ccc(OC)c([C@@H]2C(=C(O)c3ccc(C)cc3)C(=O)C(=O)N2Cc2cccnc2)c1. The maximum atomic E-state index is 13.2. The molecule has 7 heteroatoms. The van der Waals surface area contributed by atoms with Gasteiger partial charge in [-0.3, -0.25) is 14.6 Å². The maximum absolute atomic E-state index is 13.2. The first-order chi connectivity index (χ1) is 15.9. The second-order valence-corrected chi connectivity index (χ2v) is 7.76. The molecule has 7 nitrogen and oxygen atoms in total. The highest BCUT2D eigenvalue weighted by Gasteiger charge is 2.47. The number of hydrogen-bond acceptors (Lipinski definition) is 6. The number of aryl methyl sites for hydroxylation is 1. The molecule has 0 bridgehead atoms. The first-order valence-corrected chi connectivity index (χ1v) is 10.4. The average Bonchev–Trinajstić information content (AvgIpc) is 3.09. The normalized spacial score (nSPS) is 17.3. The van der Waals surface area contributed by atoms with E-state index in [2.05, 4.69) is 4.98 Å². The number of likely N-dealkylation sites (tertiary alicyclic amines) is 1. The number of pyridine rings is 1. The molecule has 1 saturated heterocycles. The molecule has 0 saturated carbocycles. The molecule has 1 aromatic heterocycles. The molecule has 2 aromatic carbocycles. The van der Waals surface area contributed by atoms with E-state index in [4.69, 9.17) is 9.47 Å². The summed E-state index contributed by atoms with van der Waals surface area (Å²) in [5.41, 5.74) is 2.75. The largest absolute Gasteiger partial charge is 0.507 e. The van der Waals surface area contributed by atoms with Crippen molar-refractivity contribution in [2.75, 3.05) is 14.2 Å². The van der Waals surface area contributed by atoms with E-state index >= 15 is 0 Å². The van der Waals surface area contributed by atoms with Crippen molar-refractivity contribution >= 4 is 17.4 Å². The molecule has 0 radical (unpaired) electrons. The number of carbonyl (C=O) groups is 2. The minimum atomic E-state index is -0.878. The second kappa shape index (κ2) is 9.16. The van der Waals surface area contributed by atoms with Gasteiger partial charge in [-0.1, -0.05) is 35.9 Å². The van der Waals surface area contributed by atoms with Gasteiger partial charge in [0.1, 0.15) is 17.3 Å². The van der Waals surface area contributed by atoms with Crippen LogP contribution in [-0.4, -0.2) is 40.9 Å². The third-order valence-corrected chi connectivity index (χ3v) is 5.67. The highest BCUT2D eigenvalue weighted by atomic mass is 16.5. The Kier molecular flexibility index (Phi) is 6.13. The minimum Gasteiger partial charge on any atom is -0.507 e. The van der Waals surface area contributed by atoms with Gasteiger partial charge in [-0.25, -0.2) is 0 Å². The fraction of sp³-hybridized carbons (Fsp3) is 0.192. The van der Waals surface area contributed by atoms with Crippen LogP contribution in [0.5, 0.6) is 11.5 Å². The monoisotopic (exact) mass is 444 g/mol. The first kappa shape index (κ1) is 22.1. The topological polar surface area (TPSA) is 89.0 Å². The van der Waals surface area contributed by atoms with Gasteiger partial charge in [0, 0.05) is 30.1 Å². The number of aliphatic hydroxyl groups excluding tert-OH is 1. The number of carbonyl (C=O) groups excluding carboxylic acids is 2. The van der Waals surface area contributed by atoms with Crippen LogP contribution in [0.3, 0.4) is 0 Å². The number of hydrogen-bond donors (Lipinski definition) is 1. The van der Waals surface area contributed by atoms with Crippen LogP contribution >= 0.6 is 0 Å². The molecule has 1 aliphatic rings. The Labute approximate surface area is 191 Å². The molecule has 168 valence electrons. The average molecular weight is 444 g/mol. The van der Waals surface area contributed by atoms with Crippen molar-refractivity contribution in [3.05, 3.63) is 94.8 Å². The third-order valence-electron chi connectivity index (χ3n) is 5.67. The van der Waals surface area contributed by atoms with E-state index in [-0.39, 0.29) is 17.9 Å². The van der Waals surface area contributed by atoms with Crippen LogP contribution in [0, 0.1) is 6.92 Å². The van der Waals surface area contributed by atoms with E-state index in [0.717, 1.165) is 11.1 Å². The molecule has 4 rings (SSSR count). The van der Waals surface area contributed by atoms with Crippen molar-refractivity contribution in [3.63, 3.8) is 0 Å². The van der Waals surface area contributed by atoms with E-state index < -0.39 is 17.7 Å². The van der Waals surface area contributed by atoms with Crippen LogP contribution < -0.4 is 9.47 Å². The molecule has 0 aliphatic carbocycles. The lowest BCUT2D eigenvalue weighted by Gasteiger charge is -2.27. The summed E-state index contributed by atoms with van der Waals surface area (Å²) >= 11 is 0. The van der Waals surface area contributed by atoms with Gasteiger partial charge in [0.25, 0.3) is 11.7 Å². The molecule has 0 spiro atoms. The summed E-state index contributed by atoms with van der Waals surface area (Å²) in [4.78, 5) is 32.0. The Morgan fingerprint density at radius 1 is 1.06 bits per heavy atom. The third kappa shape index (κ3) is 4.17. The maximum Gasteiger partial charge on any atom is 0.295 e. The number of Topliss-reactive ketones (excluding diaryl/α,β-unsaturated/α-hetero) is 1. The number of ether oxygens (including phenoxy) is 2. The number of benzene rings is 2. The summed E-state index contributed by atoms with van der Waals surface area (Å²) in [5.74, 6) is -0.701. The summed E-state index contributed by atoms with van der Waals surface area (Å²) in [6.07, 6.45) is 3.27. The molecule has 1 atom stereocenters. The number of aromatic nitrogens is 1. The Balaban J connectivity index is 1.93. The summed E-state index contributed by atoms with van der Waals surface area (Å²) < 4.78 is 10.9. The summed E-state index contributed by atoms with van der Waals surface area (Å²) in [5, 5.41) is 11.2. The van der Waals surface area contributed by atoms with Crippen LogP contribution in [0.2, 0.25) is 0 Å². The van der Waals surface area contributed by atoms with Gasteiger partial charge < -0.3 is 19.5 Å². The van der Waals surface area contributed by atoms with Crippen LogP contribution in [0.15, 0.2) is 72.6 Å². The van der Waals surface area contributed by atoms with Gasteiger partial charge >= 0.3 is 0 Å². The molecule has 0 unspecified atom stereocenters. The molecular weight excluding hydrogens is 420 g/mol. The van der Waals surface area contributed by atoms with Crippen LogP contribution in [0.25, 0.3) is 5.76 Å². The molecule has 1 aliphatic heterocycles. The van der Waals surface area contributed by atoms with Crippen molar-refractivity contribution in [3.8, 4) is 11.5 Å². The predicted molar refractivity (Wildman–Crippen MR) is 123 cm³/mol. The van der Waals surface area contributed by atoms with E-state index in [9.17, 15) is 14.7 Å². The summed E-state index contributed by atoms with van der Waals surface area (Å²) in [7, 11) is 3.04. The Hall–Kier alpha value is -4.13. The Morgan fingerprint density at radius 2 is 1.82 bits per heavy atom. The van der Waals surface area contributed by atoms with Crippen LogP contribution in [0.1, 0.15) is 28.3 Å². The number of aliphatic hydroxyl groups is 1. The zero-order chi connectivity index (χ0) is 23.5. The fourth-order valence-electron chi connectivity index (χ4n) is 3.97. The number of ketones is 1. The highest BCUT2D eigenvalue weighted by Crippen LogP contribution is 2.44. The Bertz CT molecular complexity index is 1220. The van der Waals surface area contributed by atoms with E-state index in [0.29, 0.717) is 22.6 Å². The lowest BCUT2D eigenvalue weighted by molar-refractivity contribution is -0.140. The molecule has 33 heavy (non-hydrogen) atoms. The fourth-order valence-corrected chi connectivity index (χ4v) is 3.97. The van der Waals surface area contributed by atoms with Gasteiger partial charge in [-0.2, -0.15) is 0 Å². The Morgan fingerprint density at radius 3 is 2.45 bits per heavy atom. The number of amides is 1. The molecule has 3 aromatic rings. The lowest BCUT2D eigenvalue weighted by Crippen LogP contribution is -2.29. The summed E-state index contributed by atoms with van der Waals surface area (Å²) in [6, 6.07) is 15.0. The van der Waals surface area contributed by atoms with Crippen molar-refractivity contribution in [1.29, 1.82) is 0 Å². The van der Waals surface area contributed by atoms with Gasteiger partial charge in [-0.05, 0) is 36.8 Å². The molecule has 1 fully saturated rings. The smallest absolute Gasteiger partial charge is 0.295 e. The van der Waals surface area contributed by atoms with E-state index in [1.165, 1.54) is 19.1 Å². The molecule has 1 N–H and O–H groups in total. The van der Waals surface area contributed by atoms with Crippen molar-refractivity contribution in [2.24, 2.45) is 0 Å². The van der Waals surface area contributed by atoms with Crippen LogP contribution in [0.4, 0.5) is 0 Å². The van der Waals surface area contributed by atoms with Gasteiger partial charge in [0.15, 0.2) is 0 Å². The quantitative estimate of drug-likeness (QED) is 0.351.